The van der Waals surface area contributed by atoms with Crippen LogP contribution in [0.3, 0.4) is 0 Å². The lowest BCUT2D eigenvalue weighted by molar-refractivity contribution is -0.166. The molecule has 1 aliphatic heterocycles. The molecule has 3 nitrogen and oxygen atoms in total. The van der Waals surface area contributed by atoms with Crippen LogP contribution in [-0.2, 0) is 12.1 Å². The molecule has 0 saturated heterocycles. The minimum Gasteiger partial charge on any atom is -0.330 e. The Bertz CT molecular complexity index is 425. The summed E-state index contributed by atoms with van der Waals surface area (Å²) in [4.78, 5) is 0. The summed E-state index contributed by atoms with van der Waals surface area (Å²) in [6.45, 7) is 0.400. The zero-order chi connectivity index (χ0) is 11.8. The van der Waals surface area contributed by atoms with Crippen LogP contribution in [-0.4, -0.2) is 12.7 Å². The van der Waals surface area contributed by atoms with Crippen LogP contribution in [0.15, 0.2) is 34.5 Å². The molecule has 1 heterocycles. The molecule has 94 valence electrons. The number of nitrogens with two attached hydrogens (primary N) is 1. The van der Waals surface area contributed by atoms with Gasteiger partial charge in [-0.2, -0.15) is 13.2 Å². The largest absolute Gasteiger partial charge is 0.442 e. The van der Waals surface area contributed by atoms with Crippen molar-refractivity contribution in [2.45, 2.75) is 18.3 Å². The van der Waals surface area contributed by atoms with Crippen LogP contribution in [0.5, 0.6) is 0 Å². The minimum absolute atomic E-state index is 0. The van der Waals surface area contributed by atoms with Gasteiger partial charge < -0.3 is 5.73 Å². The summed E-state index contributed by atoms with van der Waals surface area (Å²) in [5.74, 6) is 0. The summed E-state index contributed by atoms with van der Waals surface area (Å²) in [6.07, 6.45) is -3.92. The Labute approximate surface area is 102 Å². The number of hydrogen-bond donors (Lipinski definition) is 1. The van der Waals surface area contributed by atoms with Crippen LogP contribution in [0, 0.1) is 0 Å². The molecular weight excluding hydrogens is 255 g/mol. The first-order chi connectivity index (χ1) is 7.49. The third-order valence-electron chi connectivity index (χ3n) is 2.46. The fourth-order valence-electron chi connectivity index (χ4n) is 1.55. The maximum Gasteiger partial charge on any atom is 0.442 e. The van der Waals surface area contributed by atoms with Gasteiger partial charge in [0.2, 0.25) is 0 Å². The van der Waals surface area contributed by atoms with Gasteiger partial charge in [0.1, 0.15) is 0 Å². The van der Waals surface area contributed by atoms with Crippen molar-refractivity contribution >= 4 is 12.4 Å². The second kappa shape index (κ2) is 4.62. The molecule has 0 aliphatic carbocycles. The van der Waals surface area contributed by atoms with Crippen molar-refractivity contribution in [2.75, 3.05) is 6.54 Å². The number of rotatable bonds is 3. The highest BCUT2D eigenvalue weighted by atomic mass is 35.5. The van der Waals surface area contributed by atoms with Gasteiger partial charge in [0, 0.05) is 5.56 Å². The molecule has 0 aromatic heterocycles. The summed E-state index contributed by atoms with van der Waals surface area (Å²) in [6, 6.07) is 6.15. The Balaban J connectivity index is 0.00000144. The van der Waals surface area contributed by atoms with E-state index in [1.807, 2.05) is 0 Å². The van der Waals surface area contributed by atoms with Gasteiger partial charge in [-0.15, -0.1) is 22.6 Å². The van der Waals surface area contributed by atoms with Crippen molar-refractivity contribution in [1.29, 1.82) is 0 Å². The van der Waals surface area contributed by atoms with Gasteiger partial charge in [-0.05, 0) is 18.5 Å². The van der Waals surface area contributed by atoms with E-state index in [0.29, 0.717) is 13.0 Å². The molecule has 17 heavy (non-hydrogen) atoms. The number of halogens is 4. The van der Waals surface area contributed by atoms with Gasteiger partial charge in [0.15, 0.2) is 0 Å². The van der Waals surface area contributed by atoms with Gasteiger partial charge in [-0.25, -0.2) is 0 Å². The maximum absolute atomic E-state index is 12.7. The lowest BCUT2D eigenvalue weighted by Gasteiger charge is -2.15. The smallest absolute Gasteiger partial charge is 0.330 e. The van der Waals surface area contributed by atoms with Crippen molar-refractivity contribution in [3.63, 3.8) is 0 Å². The van der Waals surface area contributed by atoms with Crippen molar-refractivity contribution < 1.29 is 13.2 Å². The Hall–Kier alpha value is -1.14. The van der Waals surface area contributed by atoms with Crippen LogP contribution < -0.4 is 5.73 Å². The SMILES string of the molecule is Cl.NCCc1cccc(C2(C(F)(F)F)N=N2)c1. The van der Waals surface area contributed by atoms with E-state index < -0.39 is 11.8 Å². The van der Waals surface area contributed by atoms with E-state index in [2.05, 4.69) is 10.2 Å². The molecule has 7 heteroatoms. The molecule has 1 aliphatic rings. The van der Waals surface area contributed by atoms with Gasteiger partial charge in [-0.1, -0.05) is 24.3 Å². The zero-order valence-corrected chi connectivity index (χ0v) is 9.55. The van der Waals surface area contributed by atoms with Crippen molar-refractivity contribution in [3.05, 3.63) is 35.4 Å². The number of alkyl halides is 3. The molecule has 0 bridgehead atoms. The minimum atomic E-state index is -4.46. The van der Waals surface area contributed by atoms with Gasteiger partial charge >= 0.3 is 11.8 Å². The van der Waals surface area contributed by atoms with E-state index in [0.717, 1.165) is 5.56 Å². The molecule has 0 spiro atoms. The lowest BCUT2D eigenvalue weighted by Crippen LogP contribution is -2.30. The third kappa shape index (κ3) is 2.42. The molecule has 0 atom stereocenters. The highest BCUT2D eigenvalue weighted by Crippen LogP contribution is 2.52. The number of benzene rings is 1. The van der Waals surface area contributed by atoms with Crippen LogP contribution in [0.25, 0.3) is 0 Å². The Kier molecular flexibility index (Phi) is 3.78. The predicted molar refractivity (Wildman–Crippen MR) is 59.0 cm³/mol. The molecule has 1 aromatic carbocycles. The average Bonchev–Trinajstić information content (AvgIpc) is 2.98. The summed E-state index contributed by atoms with van der Waals surface area (Å²) >= 11 is 0. The topological polar surface area (TPSA) is 50.7 Å². The summed E-state index contributed by atoms with van der Waals surface area (Å²) in [5.41, 5.74) is 3.86. The first kappa shape index (κ1) is 13.9. The standard InChI is InChI=1S/C10H10F3N3.ClH/c11-10(12,13)9(15-16-9)8-3-1-2-7(6-8)4-5-14;/h1-3,6H,4-5,14H2;1H. The van der Waals surface area contributed by atoms with Gasteiger partial charge in [0.05, 0.1) is 0 Å². The Morgan fingerprint density at radius 2 is 1.88 bits per heavy atom. The highest BCUT2D eigenvalue weighted by Gasteiger charge is 2.65. The molecule has 0 unspecified atom stereocenters. The molecule has 2 N–H and O–H groups in total. The van der Waals surface area contributed by atoms with Gasteiger partial charge in [-0.3, -0.25) is 0 Å². The monoisotopic (exact) mass is 265 g/mol. The fraction of sp³-hybridized carbons (Fsp3) is 0.400. The van der Waals surface area contributed by atoms with E-state index in [1.54, 1.807) is 12.1 Å². The molecule has 1 aromatic rings. The van der Waals surface area contributed by atoms with Crippen LogP contribution >= 0.6 is 12.4 Å². The summed E-state index contributed by atoms with van der Waals surface area (Å²) in [5, 5.41) is 6.29. The van der Waals surface area contributed by atoms with Gasteiger partial charge in [0.25, 0.3) is 0 Å². The first-order valence-corrected chi connectivity index (χ1v) is 4.80. The van der Waals surface area contributed by atoms with Crippen molar-refractivity contribution in [1.82, 2.24) is 0 Å². The molecule has 0 fully saturated rings. The molecule has 0 radical (unpaired) electrons. The number of nitrogens with zero attached hydrogens (tertiary/aromatic N) is 2. The maximum atomic E-state index is 12.7. The van der Waals surface area contributed by atoms with Crippen LogP contribution in [0.1, 0.15) is 11.1 Å². The Morgan fingerprint density at radius 3 is 2.35 bits per heavy atom. The van der Waals surface area contributed by atoms with E-state index in [4.69, 9.17) is 5.73 Å². The predicted octanol–water partition coefficient (Wildman–Crippen LogP) is 2.79. The van der Waals surface area contributed by atoms with Crippen molar-refractivity contribution in [2.24, 2.45) is 16.0 Å². The van der Waals surface area contributed by atoms with Crippen molar-refractivity contribution in [3.8, 4) is 0 Å². The van der Waals surface area contributed by atoms with Crippen LogP contribution in [0.2, 0.25) is 0 Å². The van der Waals surface area contributed by atoms with E-state index in [1.165, 1.54) is 12.1 Å². The number of hydrogen-bond acceptors (Lipinski definition) is 3. The quantitative estimate of drug-likeness (QED) is 0.898. The first-order valence-electron chi connectivity index (χ1n) is 4.80. The van der Waals surface area contributed by atoms with Crippen LogP contribution in [0.4, 0.5) is 13.2 Å². The fourth-order valence-corrected chi connectivity index (χ4v) is 1.55. The molecular formula is C10H11ClF3N3. The summed E-state index contributed by atoms with van der Waals surface area (Å²) < 4.78 is 38.1. The lowest BCUT2D eigenvalue weighted by atomic mass is 9.99. The summed E-state index contributed by atoms with van der Waals surface area (Å²) in [7, 11) is 0. The van der Waals surface area contributed by atoms with E-state index >= 15 is 0 Å². The second-order valence-corrected chi connectivity index (χ2v) is 3.61. The average molecular weight is 266 g/mol. The molecule has 2 rings (SSSR count). The van der Waals surface area contributed by atoms with E-state index in [-0.39, 0.29) is 18.0 Å². The molecule has 0 saturated carbocycles. The second-order valence-electron chi connectivity index (χ2n) is 3.61. The highest BCUT2D eigenvalue weighted by molar-refractivity contribution is 5.85. The third-order valence-corrected chi connectivity index (χ3v) is 2.46. The zero-order valence-electron chi connectivity index (χ0n) is 8.74. The Morgan fingerprint density at radius 1 is 1.24 bits per heavy atom. The molecule has 0 amide bonds. The van der Waals surface area contributed by atoms with E-state index in [9.17, 15) is 13.2 Å². The normalized spacial score (nSPS) is 16.5.